The van der Waals surface area contributed by atoms with Gasteiger partial charge in [-0.15, -0.1) is 0 Å². The second-order valence-corrected chi connectivity index (χ2v) is 1.53. The molecule has 0 atom stereocenters. The zero-order valence-electron chi connectivity index (χ0n) is 4.37. The monoisotopic (exact) mass is 150 g/mol. The third-order valence-corrected chi connectivity index (χ3v) is 0.722. The summed E-state index contributed by atoms with van der Waals surface area (Å²) in [6.07, 6.45) is 0. The first-order valence-corrected chi connectivity index (χ1v) is 2.28. The molecule has 4 amide bonds. The summed E-state index contributed by atoms with van der Waals surface area (Å²) in [5.74, 6) is 0. The summed E-state index contributed by atoms with van der Waals surface area (Å²) in [5, 5.41) is 0. The smallest absolute Gasteiger partial charge is 0.343 e. The molecule has 52 valence electrons. The maximum atomic E-state index is 10.0. The van der Waals surface area contributed by atoms with Gasteiger partial charge in [-0.3, -0.25) is 0 Å². The lowest BCUT2D eigenvalue weighted by molar-refractivity contribution is 0.214. The molecule has 6 nitrogen and oxygen atoms in total. The van der Waals surface area contributed by atoms with Crippen molar-refractivity contribution >= 4 is 24.9 Å². The molecule has 0 radical (unpaired) electrons. The Balaban J connectivity index is 3.63. The molecule has 9 heavy (non-hydrogen) atoms. The minimum atomic E-state index is -0.905. The van der Waals surface area contributed by atoms with Crippen molar-refractivity contribution in [3.05, 3.63) is 0 Å². The molecule has 0 aliphatic carbocycles. The molecule has 0 aromatic carbocycles. The Morgan fingerprint density at radius 2 is 1.89 bits per heavy atom. The number of hydrazine groups is 1. The molecule has 5 N–H and O–H groups in total. The molecule has 0 aromatic heterocycles. The van der Waals surface area contributed by atoms with Gasteiger partial charge < -0.3 is 11.5 Å². The Morgan fingerprint density at radius 1 is 1.44 bits per heavy atom. The van der Waals surface area contributed by atoms with Gasteiger partial charge in [0.2, 0.25) is 0 Å². The van der Waals surface area contributed by atoms with Crippen molar-refractivity contribution in [1.82, 2.24) is 9.84 Å². The molecule has 0 unspecified atom stereocenters. The number of carbonyl (C=O) groups excluding carboxylic acids is 2. The number of nitrogens with zero attached hydrogens (tertiary/aromatic N) is 1. The predicted octanol–water partition coefficient (Wildman–Crippen LogP) is -1.20. The maximum absolute atomic E-state index is 10.0. The van der Waals surface area contributed by atoms with E-state index in [1.807, 2.05) is 0 Å². The summed E-state index contributed by atoms with van der Waals surface area (Å²) in [4.78, 5) is 20.0. The number of hydrogen-bond acceptors (Lipinski definition) is 3. The second-order valence-electron chi connectivity index (χ2n) is 1.13. The molecule has 0 aliphatic heterocycles. The van der Waals surface area contributed by atoms with Crippen LogP contribution in [0.15, 0.2) is 0 Å². The topological polar surface area (TPSA) is 101 Å². The van der Waals surface area contributed by atoms with Crippen LogP contribution in [-0.2, 0) is 0 Å². The molecule has 0 spiro atoms. The van der Waals surface area contributed by atoms with E-state index in [0.29, 0.717) is 4.41 Å². The van der Waals surface area contributed by atoms with Gasteiger partial charge in [-0.1, -0.05) is 0 Å². The molecule has 0 saturated heterocycles. The number of thiol groups is 1. The normalized spacial score (nSPS) is 8.11. The number of carbonyl (C=O) groups is 2. The zero-order valence-corrected chi connectivity index (χ0v) is 5.26. The highest BCUT2D eigenvalue weighted by Gasteiger charge is 2.03. The van der Waals surface area contributed by atoms with Gasteiger partial charge in [-0.25, -0.2) is 15.0 Å². The largest absolute Gasteiger partial charge is 0.350 e. The summed E-state index contributed by atoms with van der Waals surface area (Å²) in [6, 6.07) is -1.80. The molecule has 0 rings (SSSR count). The van der Waals surface area contributed by atoms with Gasteiger partial charge in [0.1, 0.15) is 0 Å². The van der Waals surface area contributed by atoms with Crippen molar-refractivity contribution in [1.29, 1.82) is 0 Å². The van der Waals surface area contributed by atoms with Crippen molar-refractivity contribution in [3.8, 4) is 0 Å². The standard InChI is InChI=1S/C2H6N4O2S/c3-1(7)5-6(9)2(4)8/h9H,(H2,4,8)(H3,3,5,7). The van der Waals surface area contributed by atoms with Crippen molar-refractivity contribution in [2.75, 3.05) is 0 Å². The van der Waals surface area contributed by atoms with E-state index in [-0.39, 0.29) is 0 Å². The average molecular weight is 150 g/mol. The molecular formula is C2H6N4O2S. The van der Waals surface area contributed by atoms with Gasteiger partial charge >= 0.3 is 12.1 Å². The maximum Gasteiger partial charge on any atom is 0.343 e. The van der Waals surface area contributed by atoms with E-state index in [0.717, 1.165) is 0 Å². The predicted molar refractivity (Wildman–Crippen MR) is 33.1 cm³/mol. The highest BCUT2D eigenvalue weighted by atomic mass is 32.1. The van der Waals surface area contributed by atoms with E-state index < -0.39 is 12.1 Å². The number of nitrogens with two attached hydrogens (primary N) is 2. The quantitative estimate of drug-likeness (QED) is 0.257. The van der Waals surface area contributed by atoms with E-state index in [1.165, 1.54) is 0 Å². The van der Waals surface area contributed by atoms with Gasteiger partial charge in [0.25, 0.3) is 0 Å². The fourth-order valence-corrected chi connectivity index (χ4v) is 0.258. The number of amides is 4. The fourth-order valence-electron chi connectivity index (χ4n) is 0.159. The number of hydrogen-bond donors (Lipinski definition) is 4. The fraction of sp³-hybridized carbons (Fsp3) is 0. The zero-order chi connectivity index (χ0) is 7.44. The lowest BCUT2D eigenvalue weighted by Crippen LogP contribution is -2.45. The van der Waals surface area contributed by atoms with Crippen LogP contribution in [0.5, 0.6) is 0 Å². The van der Waals surface area contributed by atoms with Crippen molar-refractivity contribution in [2.24, 2.45) is 11.5 Å². The molecule has 0 aromatic rings. The molecular weight excluding hydrogens is 144 g/mol. The average Bonchev–Trinajstić information content (AvgIpc) is 1.63. The summed E-state index contributed by atoms with van der Waals surface area (Å²) in [7, 11) is 0. The molecule has 0 fully saturated rings. The van der Waals surface area contributed by atoms with Crippen LogP contribution in [0, 0.1) is 0 Å². The van der Waals surface area contributed by atoms with Crippen molar-refractivity contribution in [2.45, 2.75) is 0 Å². The number of primary amides is 2. The Labute approximate surface area is 56.7 Å². The number of rotatable bonds is 0. The van der Waals surface area contributed by atoms with E-state index in [4.69, 9.17) is 0 Å². The van der Waals surface area contributed by atoms with Crippen LogP contribution in [0.2, 0.25) is 0 Å². The van der Waals surface area contributed by atoms with Crippen molar-refractivity contribution in [3.63, 3.8) is 0 Å². The van der Waals surface area contributed by atoms with Gasteiger partial charge in [0, 0.05) is 0 Å². The van der Waals surface area contributed by atoms with Gasteiger partial charge in [0.05, 0.1) is 0 Å². The lowest BCUT2D eigenvalue weighted by Gasteiger charge is -2.10. The first-order chi connectivity index (χ1) is 4.04. The first kappa shape index (κ1) is 7.89. The Hall–Kier alpha value is -1.11. The first-order valence-electron chi connectivity index (χ1n) is 1.88. The van der Waals surface area contributed by atoms with E-state index in [1.54, 1.807) is 5.43 Å². The van der Waals surface area contributed by atoms with Crippen LogP contribution in [0.1, 0.15) is 0 Å². The van der Waals surface area contributed by atoms with Crippen molar-refractivity contribution < 1.29 is 9.59 Å². The van der Waals surface area contributed by atoms with Crippen LogP contribution >= 0.6 is 12.8 Å². The summed E-state index contributed by atoms with van der Waals surface area (Å²) in [6.45, 7) is 0. The van der Waals surface area contributed by atoms with Crippen LogP contribution in [0.4, 0.5) is 9.59 Å². The minimum absolute atomic E-state index is 0.475. The molecule has 0 aliphatic rings. The molecule has 7 heteroatoms. The molecule has 0 heterocycles. The van der Waals surface area contributed by atoms with Gasteiger partial charge in [-0.2, -0.15) is 4.41 Å². The number of nitrogens with one attached hydrogen (secondary N) is 1. The summed E-state index contributed by atoms with van der Waals surface area (Å²) >= 11 is 3.41. The van der Waals surface area contributed by atoms with Crippen LogP contribution < -0.4 is 16.9 Å². The van der Waals surface area contributed by atoms with Gasteiger partial charge in [0.15, 0.2) is 0 Å². The SMILES string of the molecule is NC(=O)NN(S)C(N)=O. The Morgan fingerprint density at radius 3 is 2.00 bits per heavy atom. The minimum Gasteiger partial charge on any atom is -0.350 e. The highest BCUT2D eigenvalue weighted by Crippen LogP contribution is 1.82. The van der Waals surface area contributed by atoms with Gasteiger partial charge in [-0.05, 0) is 12.8 Å². The van der Waals surface area contributed by atoms with E-state index in [2.05, 4.69) is 24.3 Å². The van der Waals surface area contributed by atoms with E-state index in [9.17, 15) is 9.59 Å². The summed E-state index contributed by atoms with van der Waals surface area (Å²) in [5.41, 5.74) is 11.0. The highest BCUT2D eigenvalue weighted by molar-refractivity contribution is 7.78. The Bertz CT molecular complexity index is 137. The lowest BCUT2D eigenvalue weighted by atomic mass is 11.1. The molecule has 0 saturated carbocycles. The van der Waals surface area contributed by atoms with Crippen LogP contribution in [-0.4, -0.2) is 16.5 Å². The Kier molecular flexibility index (Phi) is 2.65. The third kappa shape index (κ3) is 3.47. The third-order valence-electron chi connectivity index (χ3n) is 0.425. The van der Waals surface area contributed by atoms with E-state index >= 15 is 0 Å². The molecule has 0 bridgehead atoms. The van der Waals surface area contributed by atoms with Crippen LogP contribution in [0.25, 0.3) is 0 Å². The summed E-state index contributed by atoms with van der Waals surface area (Å²) < 4.78 is 0.475. The van der Waals surface area contributed by atoms with Crippen LogP contribution in [0.3, 0.4) is 0 Å². The second kappa shape index (κ2) is 3.02. The number of urea groups is 2.